The molecule has 0 spiro atoms. The zero-order chi connectivity index (χ0) is 25.7. The van der Waals surface area contributed by atoms with Gasteiger partial charge in [-0.25, -0.2) is 4.52 Å². The Bertz CT molecular complexity index is 1410. The summed E-state index contributed by atoms with van der Waals surface area (Å²) < 4.78 is 1.45. The maximum atomic E-state index is 13.4. The smallest absolute Gasteiger partial charge is 0.275 e. The van der Waals surface area contributed by atoms with Crippen molar-refractivity contribution in [2.24, 2.45) is 5.92 Å². The van der Waals surface area contributed by atoms with Gasteiger partial charge in [-0.2, -0.15) is 5.10 Å². The minimum atomic E-state index is -0.317. The molecule has 0 bridgehead atoms. The molecule has 0 aliphatic carbocycles. The summed E-state index contributed by atoms with van der Waals surface area (Å²) in [6.07, 6.45) is 3.19. The summed E-state index contributed by atoms with van der Waals surface area (Å²) in [6, 6.07) is 4.01. The number of likely N-dealkylation sites (tertiary alicyclic amines) is 1. The Labute approximate surface area is 217 Å². The van der Waals surface area contributed by atoms with Gasteiger partial charge in [-0.05, 0) is 23.9 Å². The van der Waals surface area contributed by atoms with E-state index in [4.69, 9.17) is 0 Å². The van der Waals surface area contributed by atoms with Gasteiger partial charge in [-0.3, -0.25) is 24.1 Å². The van der Waals surface area contributed by atoms with Gasteiger partial charge < -0.3 is 19.7 Å². The molecule has 3 aliphatic rings. The number of hydrogen-bond acceptors (Lipinski definition) is 7. The Balaban J connectivity index is 1.12. The second-order valence-electron chi connectivity index (χ2n) is 10.1. The van der Waals surface area contributed by atoms with Crippen molar-refractivity contribution in [2.75, 3.05) is 45.8 Å². The number of aryl methyl sites for hydroxylation is 1. The standard InChI is InChI=1S/C25H29N7O4S/c1-16-20(14-32-22(16)23(34)26-15-27-32)25(36)30-7-5-28-4-6-29(11-18(28)12-30)24(35)17-9-21(33)31(10-17)13-19-3-2-8-37-19/h2-3,8,14-15,17-18H,4-7,9-13H2,1H3,(H,26,27,34). The fourth-order valence-corrected chi connectivity index (χ4v) is 6.55. The Morgan fingerprint density at radius 2 is 1.89 bits per heavy atom. The van der Waals surface area contributed by atoms with E-state index in [1.807, 2.05) is 27.3 Å². The van der Waals surface area contributed by atoms with Crippen LogP contribution in [-0.2, 0) is 16.1 Å². The van der Waals surface area contributed by atoms with E-state index in [9.17, 15) is 19.2 Å². The Morgan fingerprint density at radius 3 is 2.65 bits per heavy atom. The third kappa shape index (κ3) is 4.33. The molecule has 11 nitrogen and oxygen atoms in total. The van der Waals surface area contributed by atoms with Crippen LogP contribution >= 0.6 is 11.3 Å². The number of carbonyl (C=O) groups excluding carboxylic acids is 3. The van der Waals surface area contributed by atoms with E-state index in [1.165, 1.54) is 10.8 Å². The predicted octanol–water partition coefficient (Wildman–Crippen LogP) is 0.410. The van der Waals surface area contributed by atoms with Crippen LogP contribution in [0.25, 0.3) is 5.52 Å². The third-order valence-electron chi connectivity index (χ3n) is 7.85. The second kappa shape index (κ2) is 9.42. The monoisotopic (exact) mass is 523 g/mol. The van der Waals surface area contributed by atoms with Crippen molar-refractivity contribution in [3.05, 3.63) is 56.4 Å². The van der Waals surface area contributed by atoms with Crippen LogP contribution < -0.4 is 5.56 Å². The van der Waals surface area contributed by atoms with Gasteiger partial charge in [-0.15, -0.1) is 11.3 Å². The minimum absolute atomic E-state index is 0.0310. The van der Waals surface area contributed by atoms with Crippen molar-refractivity contribution in [3.63, 3.8) is 0 Å². The molecule has 0 saturated carbocycles. The summed E-state index contributed by atoms with van der Waals surface area (Å²) in [5.74, 6) is -0.383. The first-order valence-corrected chi connectivity index (χ1v) is 13.4. The summed E-state index contributed by atoms with van der Waals surface area (Å²) in [5, 5.41) is 6.12. The Hall–Kier alpha value is -3.51. The zero-order valence-corrected chi connectivity index (χ0v) is 21.4. The lowest BCUT2D eigenvalue weighted by atomic mass is 10.0. The molecule has 2 atom stereocenters. The third-order valence-corrected chi connectivity index (χ3v) is 8.71. The largest absolute Gasteiger partial charge is 0.339 e. The summed E-state index contributed by atoms with van der Waals surface area (Å²) in [7, 11) is 0. The van der Waals surface area contributed by atoms with E-state index in [-0.39, 0.29) is 41.7 Å². The number of aromatic amines is 1. The van der Waals surface area contributed by atoms with Crippen molar-refractivity contribution >= 4 is 34.6 Å². The van der Waals surface area contributed by atoms with E-state index in [0.717, 1.165) is 18.0 Å². The van der Waals surface area contributed by atoms with Gasteiger partial charge in [0.25, 0.3) is 11.5 Å². The van der Waals surface area contributed by atoms with Crippen LogP contribution in [0, 0.1) is 12.8 Å². The quantitative estimate of drug-likeness (QED) is 0.530. The number of H-pyrrole nitrogens is 1. The SMILES string of the molecule is Cc1c(C(=O)N2CCN3CCN(C(=O)C4CC(=O)N(Cc5cccs5)C4)CC3C2)cn2nc[nH]c(=O)c12. The van der Waals surface area contributed by atoms with Crippen LogP contribution in [0.2, 0.25) is 0 Å². The van der Waals surface area contributed by atoms with Crippen LogP contribution in [0.3, 0.4) is 0 Å². The second-order valence-corrected chi connectivity index (χ2v) is 11.1. The van der Waals surface area contributed by atoms with E-state index in [0.29, 0.717) is 55.9 Å². The van der Waals surface area contributed by atoms with Crippen molar-refractivity contribution in [1.82, 2.24) is 34.2 Å². The van der Waals surface area contributed by atoms with Crippen molar-refractivity contribution in [2.45, 2.75) is 25.9 Å². The number of carbonyl (C=O) groups is 3. The van der Waals surface area contributed by atoms with Gasteiger partial charge in [-0.1, -0.05) is 6.07 Å². The molecule has 3 aromatic rings. The predicted molar refractivity (Wildman–Crippen MR) is 136 cm³/mol. The van der Waals surface area contributed by atoms with E-state index in [2.05, 4.69) is 15.0 Å². The van der Waals surface area contributed by atoms with Crippen LogP contribution in [-0.4, -0.2) is 104 Å². The average molecular weight is 524 g/mol. The number of piperazine rings is 2. The summed E-state index contributed by atoms with van der Waals surface area (Å²) in [5.41, 5.74) is 1.17. The first-order chi connectivity index (χ1) is 17.9. The zero-order valence-electron chi connectivity index (χ0n) is 20.6. The molecule has 2 unspecified atom stereocenters. The molecule has 0 aromatic carbocycles. The number of amides is 3. The lowest BCUT2D eigenvalue weighted by Crippen LogP contribution is -2.63. The van der Waals surface area contributed by atoms with Gasteiger partial charge in [0.1, 0.15) is 11.8 Å². The Kier molecular flexibility index (Phi) is 6.07. The molecule has 12 heteroatoms. The first kappa shape index (κ1) is 23.9. The highest BCUT2D eigenvalue weighted by Crippen LogP contribution is 2.26. The fourth-order valence-electron chi connectivity index (χ4n) is 5.83. The number of fused-ring (bicyclic) bond motifs is 2. The molecule has 0 radical (unpaired) electrons. The van der Waals surface area contributed by atoms with Gasteiger partial charge >= 0.3 is 0 Å². The molecule has 194 valence electrons. The molecule has 37 heavy (non-hydrogen) atoms. The number of aromatic nitrogens is 3. The van der Waals surface area contributed by atoms with E-state index < -0.39 is 0 Å². The van der Waals surface area contributed by atoms with E-state index in [1.54, 1.807) is 29.4 Å². The molecule has 3 fully saturated rings. The van der Waals surface area contributed by atoms with Gasteiger partial charge in [0, 0.05) is 69.3 Å². The molecule has 6 rings (SSSR count). The topological polar surface area (TPSA) is 114 Å². The van der Waals surface area contributed by atoms with Crippen molar-refractivity contribution in [3.8, 4) is 0 Å². The summed E-state index contributed by atoms with van der Waals surface area (Å²) in [4.78, 5) is 63.1. The summed E-state index contributed by atoms with van der Waals surface area (Å²) >= 11 is 1.62. The number of thiophene rings is 1. The lowest BCUT2D eigenvalue weighted by Gasteiger charge is -2.47. The minimum Gasteiger partial charge on any atom is -0.339 e. The van der Waals surface area contributed by atoms with Crippen LogP contribution in [0.4, 0.5) is 0 Å². The number of nitrogens with zero attached hydrogens (tertiary/aromatic N) is 6. The van der Waals surface area contributed by atoms with Gasteiger partial charge in [0.15, 0.2) is 0 Å². The molecule has 1 N–H and O–H groups in total. The maximum Gasteiger partial charge on any atom is 0.275 e. The molecule has 3 amide bonds. The van der Waals surface area contributed by atoms with Crippen molar-refractivity contribution < 1.29 is 14.4 Å². The molecule has 6 heterocycles. The molecule has 3 aromatic heterocycles. The Morgan fingerprint density at radius 1 is 1.11 bits per heavy atom. The molecular formula is C25H29N7O4S. The molecule has 3 saturated heterocycles. The van der Waals surface area contributed by atoms with Crippen LogP contribution in [0.1, 0.15) is 27.2 Å². The number of hydrogen-bond donors (Lipinski definition) is 1. The number of nitrogens with one attached hydrogen (secondary N) is 1. The maximum absolute atomic E-state index is 13.4. The average Bonchev–Trinajstić information content (AvgIpc) is 3.63. The molecular weight excluding hydrogens is 494 g/mol. The van der Waals surface area contributed by atoms with Crippen LogP contribution in [0.15, 0.2) is 34.8 Å². The normalized spacial score (nSPS) is 22.6. The number of rotatable bonds is 4. The highest BCUT2D eigenvalue weighted by molar-refractivity contribution is 7.09. The van der Waals surface area contributed by atoms with Crippen LogP contribution in [0.5, 0.6) is 0 Å². The van der Waals surface area contributed by atoms with E-state index >= 15 is 0 Å². The highest BCUT2D eigenvalue weighted by Gasteiger charge is 2.41. The highest BCUT2D eigenvalue weighted by atomic mass is 32.1. The van der Waals surface area contributed by atoms with Gasteiger partial charge in [0.05, 0.1) is 18.0 Å². The van der Waals surface area contributed by atoms with Crippen molar-refractivity contribution in [1.29, 1.82) is 0 Å². The summed E-state index contributed by atoms with van der Waals surface area (Å²) in [6.45, 7) is 6.55. The fraction of sp³-hybridized carbons (Fsp3) is 0.480. The first-order valence-electron chi connectivity index (χ1n) is 12.6. The molecule has 3 aliphatic heterocycles. The lowest BCUT2D eigenvalue weighted by molar-refractivity contribution is -0.139. The van der Waals surface area contributed by atoms with Gasteiger partial charge in [0.2, 0.25) is 11.8 Å².